The Morgan fingerprint density at radius 1 is 1.38 bits per heavy atom. The van der Waals surface area contributed by atoms with Gasteiger partial charge in [-0.1, -0.05) is 0 Å². The van der Waals surface area contributed by atoms with Crippen molar-refractivity contribution in [3.05, 3.63) is 34.9 Å². The predicted molar refractivity (Wildman–Crippen MR) is 51.0 cm³/mol. The van der Waals surface area contributed by atoms with Crippen LogP contribution in [0.2, 0.25) is 0 Å². The number of aromatic carboxylic acids is 1. The first-order valence-corrected chi connectivity index (χ1v) is 4.43. The number of carboxylic acids is 1. The quantitative estimate of drug-likeness (QED) is 0.824. The van der Waals surface area contributed by atoms with Crippen molar-refractivity contribution in [3.8, 4) is 0 Å². The SMILES string of the molecule is C[C@@H](N)c1cc(C(=O)O)cc(C(F)(F)F)c1. The highest BCUT2D eigenvalue weighted by atomic mass is 19.4. The Morgan fingerprint density at radius 3 is 2.31 bits per heavy atom. The van der Waals surface area contributed by atoms with Gasteiger partial charge in [0.25, 0.3) is 0 Å². The van der Waals surface area contributed by atoms with Crippen molar-refractivity contribution < 1.29 is 23.1 Å². The van der Waals surface area contributed by atoms with E-state index in [1.807, 2.05) is 0 Å². The molecule has 0 saturated heterocycles. The maximum atomic E-state index is 12.4. The standard InChI is InChI=1S/C10H10F3NO2/c1-5(14)6-2-7(9(15)16)4-8(3-6)10(11,12)13/h2-5H,14H2,1H3,(H,15,16)/t5-/m1/s1. The molecule has 16 heavy (non-hydrogen) atoms. The van der Waals surface area contributed by atoms with Crippen molar-refractivity contribution in [3.63, 3.8) is 0 Å². The molecule has 0 aliphatic heterocycles. The van der Waals surface area contributed by atoms with Gasteiger partial charge in [-0.25, -0.2) is 4.79 Å². The van der Waals surface area contributed by atoms with Crippen LogP contribution in [0.25, 0.3) is 0 Å². The zero-order valence-corrected chi connectivity index (χ0v) is 8.38. The molecule has 88 valence electrons. The molecule has 3 N–H and O–H groups in total. The lowest BCUT2D eigenvalue weighted by Gasteiger charge is -2.12. The summed E-state index contributed by atoms with van der Waals surface area (Å²) in [5.41, 5.74) is 4.17. The van der Waals surface area contributed by atoms with Crippen LogP contribution in [0, 0.1) is 0 Å². The van der Waals surface area contributed by atoms with Gasteiger partial charge in [-0.05, 0) is 30.7 Å². The van der Waals surface area contributed by atoms with Gasteiger partial charge in [-0.3, -0.25) is 0 Å². The largest absolute Gasteiger partial charge is 0.478 e. The number of alkyl halides is 3. The molecule has 0 aliphatic rings. The average molecular weight is 233 g/mol. The van der Waals surface area contributed by atoms with E-state index in [1.54, 1.807) is 0 Å². The minimum atomic E-state index is -4.57. The summed E-state index contributed by atoms with van der Waals surface area (Å²) in [6.07, 6.45) is -4.57. The second-order valence-corrected chi connectivity index (χ2v) is 3.44. The van der Waals surface area contributed by atoms with Crippen LogP contribution in [0.5, 0.6) is 0 Å². The van der Waals surface area contributed by atoms with Crippen LogP contribution >= 0.6 is 0 Å². The molecule has 6 heteroatoms. The van der Waals surface area contributed by atoms with E-state index in [-0.39, 0.29) is 5.56 Å². The van der Waals surface area contributed by atoms with Crippen molar-refractivity contribution in [1.82, 2.24) is 0 Å². The summed E-state index contributed by atoms with van der Waals surface area (Å²) in [5.74, 6) is -1.41. The number of halogens is 3. The van der Waals surface area contributed by atoms with Crippen LogP contribution in [0.15, 0.2) is 18.2 Å². The van der Waals surface area contributed by atoms with Gasteiger partial charge < -0.3 is 10.8 Å². The summed E-state index contributed by atoms with van der Waals surface area (Å²) < 4.78 is 37.3. The van der Waals surface area contributed by atoms with Gasteiger partial charge in [0.05, 0.1) is 11.1 Å². The van der Waals surface area contributed by atoms with Crippen molar-refractivity contribution >= 4 is 5.97 Å². The van der Waals surface area contributed by atoms with E-state index in [0.29, 0.717) is 6.07 Å². The predicted octanol–water partition coefficient (Wildman–Crippen LogP) is 2.42. The van der Waals surface area contributed by atoms with Crippen molar-refractivity contribution in [1.29, 1.82) is 0 Å². The number of rotatable bonds is 2. The monoisotopic (exact) mass is 233 g/mol. The Balaban J connectivity index is 3.36. The van der Waals surface area contributed by atoms with Gasteiger partial charge in [-0.2, -0.15) is 13.2 Å². The van der Waals surface area contributed by atoms with Gasteiger partial charge in [-0.15, -0.1) is 0 Å². The minimum absolute atomic E-state index is 0.146. The molecular weight excluding hydrogens is 223 g/mol. The van der Waals surface area contributed by atoms with Crippen molar-refractivity contribution in [2.24, 2.45) is 5.73 Å². The van der Waals surface area contributed by atoms with Crippen LogP contribution in [0.1, 0.15) is 34.5 Å². The second kappa shape index (κ2) is 4.13. The molecule has 0 bridgehead atoms. The normalized spacial score (nSPS) is 13.6. The van der Waals surface area contributed by atoms with Gasteiger partial charge in [0, 0.05) is 6.04 Å². The molecular formula is C10H10F3NO2. The number of carboxylic acid groups (broad SMARTS) is 1. The lowest BCUT2D eigenvalue weighted by molar-refractivity contribution is -0.137. The molecule has 1 rings (SSSR count). The molecule has 3 nitrogen and oxygen atoms in total. The van der Waals surface area contributed by atoms with Crippen LogP contribution < -0.4 is 5.73 Å². The second-order valence-electron chi connectivity index (χ2n) is 3.44. The topological polar surface area (TPSA) is 63.3 Å². The molecule has 0 unspecified atom stereocenters. The Kier molecular flexibility index (Phi) is 3.23. The molecule has 0 radical (unpaired) electrons. The molecule has 0 aromatic heterocycles. The first-order chi connectivity index (χ1) is 7.21. The summed E-state index contributed by atoms with van der Waals surface area (Å²) in [5, 5.41) is 8.67. The maximum absolute atomic E-state index is 12.4. The fraction of sp³-hybridized carbons (Fsp3) is 0.300. The third-order valence-corrected chi connectivity index (χ3v) is 2.06. The first kappa shape index (κ1) is 12.5. The Labute approximate surface area is 89.7 Å². The number of benzene rings is 1. The zero-order valence-electron chi connectivity index (χ0n) is 8.38. The summed E-state index contributed by atoms with van der Waals surface area (Å²) >= 11 is 0. The first-order valence-electron chi connectivity index (χ1n) is 4.43. The molecule has 0 amide bonds. The molecule has 0 saturated carbocycles. The summed E-state index contributed by atoms with van der Waals surface area (Å²) in [6.45, 7) is 1.49. The Morgan fingerprint density at radius 2 is 1.94 bits per heavy atom. The molecule has 0 spiro atoms. The number of carbonyl (C=O) groups is 1. The fourth-order valence-corrected chi connectivity index (χ4v) is 1.20. The van der Waals surface area contributed by atoms with E-state index in [1.165, 1.54) is 6.92 Å². The highest BCUT2D eigenvalue weighted by Gasteiger charge is 2.32. The lowest BCUT2D eigenvalue weighted by atomic mass is 10.0. The van der Waals surface area contributed by atoms with E-state index in [2.05, 4.69) is 0 Å². The van der Waals surface area contributed by atoms with Crippen LogP contribution in [0.3, 0.4) is 0 Å². The van der Waals surface area contributed by atoms with Gasteiger partial charge in [0.1, 0.15) is 0 Å². The fourth-order valence-electron chi connectivity index (χ4n) is 1.20. The summed E-state index contributed by atoms with van der Waals surface area (Å²) in [6, 6.07) is 1.94. The third kappa shape index (κ3) is 2.73. The van der Waals surface area contributed by atoms with Gasteiger partial charge in [0.15, 0.2) is 0 Å². The van der Waals surface area contributed by atoms with Crippen molar-refractivity contribution in [2.45, 2.75) is 19.1 Å². The lowest BCUT2D eigenvalue weighted by Crippen LogP contribution is -2.12. The van der Waals surface area contributed by atoms with Crippen LogP contribution in [-0.2, 0) is 6.18 Å². The van der Waals surface area contributed by atoms with Gasteiger partial charge >= 0.3 is 12.1 Å². The molecule has 0 heterocycles. The Bertz CT molecular complexity index is 413. The van der Waals surface area contributed by atoms with Crippen LogP contribution in [-0.4, -0.2) is 11.1 Å². The smallest absolute Gasteiger partial charge is 0.416 e. The number of hydrogen-bond donors (Lipinski definition) is 2. The highest BCUT2D eigenvalue weighted by molar-refractivity contribution is 5.88. The molecule has 1 aromatic carbocycles. The van der Waals surface area contributed by atoms with E-state index in [0.717, 1.165) is 12.1 Å². The van der Waals surface area contributed by atoms with Crippen LogP contribution in [0.4, 0.5) is 13.2 Å². The number of nitrogens with two attached hydrogens (primary N) is 1. The molecule has 0 fully saturated rings. The summed E-state index contributed by atoms with van der Waals surface area (Å²) in [4.78, 5) is 10.6. The van der Waals surface area contributed by atoms with E-state index in [9.17, 15) is 18.0 Å². The molecule has 1 aromatic rings. The molecule has 1 atom stereocenters. The summed E-state index contributed by atoms with van der Waals surface area (Å²) in [7, 11) is 0. The van der Waals surface area contributed by atoms with Gasteiger partial charge in [0.2, 0.25) is 0 Å². The van der Waals surface area contributed by atoms with E-state index >= 15 is 0 Å². The van der Waals surface area contributed by atoms with Crippen molar-refractivity contribution in [2.75, 3.05) is 0 Å². The maximum Gasteiger partial charge on any atom is 0.416 e. The average Bonchev–Trinajstić information content (AvgIpc) is 2.15. The highest BCUT2D eigenvalue weighted by Crippen LogP contribution is 2.31. The third-order valence-electron chi connectivity index (χ3n) is 2.06. The van der Waals surface area contributed by atoms with E-state index in [4.69, 9.17) is 10.8 Å². The Hall–Kier alpha value is -1.56. The molecule has 0 aliphatic carbocycles. The zero-order chi connectivity index (χ0) is 12.5. The number of hydrogen-bond acceptors (Lipinski definition) is 2. The minimum Gasteiger partial charge on any atom is -0.478 e. The van der Waals surface area contributed by atoms with E-state index < -0.39 is 29.3 Å².